The lowest BCUT2D eigenvalue weighted by molar-refractivity contribution is 0.768. The van der Waals surface area contributed by atoms with Crippen molar-refractivity contribution in [1.82, 2.24) is 0 Å². The minimum absolute atomic E-state index is 0.511. The molecule has 0 atom stereocenters. The van der Waals surface area contributed by atoms with Gasteiger partial charge in [-0.05, 0) is 84.6 Å². The van der Waals surface area contributed by atoms with Crippen LogP contribution >= 0.6 is 0 Å². The summed E-state index contributed by atoms with van der Waals surface area (Å²) in [7, 11) is 0. The van der Waals surface area contributed by atoms with Gasteiger partial charge < -0.3 is 4.90 Å². The van der Waals surface area contributed by atoms with E-state index in [0.717, 1.165) is 17.1 Å². The lowest BCUT2D eigenvalue weighted by atomic mass is 9.68. The average Bonchev–Trinajstić information content (AvgIpc) is 3.59. The van der Waals surface area contributed by atoms with Crippen LogP contribution in [0.15, 0.2) is 224 Å². The van der Waals surface area contributed by atoms with Crippen LogP contribution in [-0.2, 0) is 5.41 Å². The third-order valence-electron chi connectivity index (χ3n) is 11.9. The highest BCUT2D eigenvalue weighted by molar-refractivity contribution is 6.15. The Morgan fingerprint density at radius 1 is 0.286 bits per heavy atom. The first-order chi connectivity index (χ1) is 27.8. The van der Waals surface area contributed by atoms with E-state index in [1.807, 2.05) is 0 Å². The smallest absolute Gasteiger partial charge is 0.0714 e. The summed E-state index contributed by atoms with van der Waals surface area (Å²) in [6, 6.07) is 82.7. The number of rotatable bonds is 6. The van der Waals surface area contributed by atoms with Gasteiger partial charge in [-0.2, -0.15) is 0 Å². The average molecular weight is 712 g/mol. The first-order valence-corrected chi connectivity index (χ1v) is 19.4. The maximum Gasteiger partial charge on any atom is 0.0714 e. The molecule has 0 aromatic heterocycles. The molecule has 1 aliphatic carbocycles. The van der Waals surface area contributed by atoms with Crippen molar-refractivity contribution < 1.29 is 0 Å². The fourth-order valence-corrected chi connectivity index (χ4v) is 9.63. The molecular formula is C55H37N. The number of benzene rings is 10. The van der Waals surface area contributed by atoms with Crippen LogP contribution in [0.5, 0.6) is 0 Å². The van der Waals surface area contributed by atoms with E-state index in [-0.39, 0.29) is 0 Å². The zero-order valence-electron chi connectivity index (χ0n) is 30.8. The molecule has 10 aromatic rings. The summed E-state index contributed by atoms with van der Waals surface area (Å²) in [5, 5.41) is 7.42. The van der Waals surface area contributed by atoms with Crippen LogP contribution in [0.1, 0.15) is 22.3 Å². The molecule has 0 heterocycles. The maximum atomic E-state index is 2.54. The normalized spacial score (nSPS) is 12.8. The molecule has 0 N–H and O–H groups in total. The Morgan fingerprint density at radius 3 is 1.55 bits per heavy atom. The van der Waals surface area contributed by atoms with Crippen LogP contribution in [0.3, 0.4) is 0 Å². The van der Waals surface area contributed by atoms with Crippen molar-refractivity contribution in [3.8, 4) is 22.3 Å². The van der Waals surface area contributed by atoms with Gasteiger partial charge in [-0.15, -0.1) is 0 Å². The third-order valence-corrected chi connectivity index (χ3v) is 11.9. The predicted octanol–water partition coefficient (Wildman–Crippen LogP) is 14.6. The molecule has 0 saturated heterocycles. The Labute approximate surface area is 327 Å². The van der Waals surface area contributed by atoms with E-state index in [2.05, 4.69) is 229 Å². The molecule has 0 saturated carbocycles. The fraction of sp³-hybridized carbons (Fsp3) is 0.0182. The first-order valence-electron chi connectivity index (χ1n) is 19.4. The zero-order chi connectivity index (χ0) is 37.1. The molecule has 1 heteroatoms. The van der Waals surface area contributed by atoms with Crippen LogP contribution in [0.2, 0.25) is 0 Å². The van der Waals surface area contributed by atoms with Gasteiger partial charge in [-0.3, -0.25) is 0 Å². The van der Waals surface area contributed by atoms with Crippen molar-refractivity contribution in [2.24, 2.45) is 0 Å². The van der Waals surface area contributed by atoms with E-state index < -0.39 is 5.41 Å². The second kappa shape index (κ2) is 13.0. The highest BCUT2D eigenvalue weighted by atomic mass is 15.1. The highest BCUT2D eigenvalue weighted by Gasteiger charge is 2.47. The van der Waals surface area contributed by atoms with E-state index >= 15 is 0 Å². The number of anilines is 3. The van der Waals surface area contributed by atoms with E-state index in [4.69, 9.17) is 0 Å². The fourth-order valence-electron chi connectivity index (χ4n) is 9.63. The van der Waals surface area contributed by atoms with E-state index in [9.17, 15) is 0 Å². The Kier molecular flexibility index (Phi) is 7.47. The summed E-state index contributed by atoms with van der Waals surface area (Å²) in [6.45, 7) is 0. The quantitative estimate of drug-likeness (QED) is 0.155. The summed E-state index contributed by atoms with van der Waals surface area (Å²) in [5.41, 5.74) is 12.9. The highest BCUT2D eigenvalue weighted by Crippen LogP contribution is 2.60. The Balaban J connectivity index is 1.27. The van der Waals surface area contributed by atoms with Gasteiger partial charge in [0.1, 0.15) is 0 Å². The SMILES string of the molecule is c1ccc(C2(c3ccccc3)c3ccccc3-c3c(N(c4ccccc4-c4cc5ccccc5c5ccccc45)c4cccc5ccccc45)cccc32)cc1. The summed E-state index contributed by atoms with van der Waals surface area (Å²) in [5.74, 6) is 0. The molecule has 0 unspecified atom stereocenters. The number of hydrogen-bond acceptors (Lipinski definition) is 1. The summed E-state index contributed by atoms with van der Waals surface area (Å²) >= 11 is 0. The van der Waals surface area contributed by atoms with Crippen LogP contribution in [0.4, 0.5) is 17.1 Å². The van der Waals surface area contributed by atoms with Gasteiger partial charge in [0.25, 0.3) is 0 Å². The molecule has 1 aliphatic rings. The summed E-state index contributed by atoms with van der Waals surface area (Å²) < 4.78 is 0. The number of para-hydroxylation sites is 1. The van der Waals surface area contributed by atoms with Crippen molar-refractivity contribution in [3.63, 3.8) is 0 Å². The van der Waals surface area contributed by atoms with E-state index in [1.165, 1.54) is 76.8 Å². The van der Waals surface area contributed by atoms with Gasteiger partial charge in [0, 0.05) is 16.5 Å². The summed E-state index contributed by atoms with van der Waals surface area (Å²) in [4.78, 5) is 2.54. The molecule has 0 spiro atoms. The molecule has 262 valence electrons. The van der Waals surface area contributed by atoms with Gasteiger partial charge in [0.15, 0.2) is 0 Å². The monoisotopic (exact) mass is 711 g/mol. The van der Waals surface area contributed by atoms with Gasteiger partial charge >= 0.3 is 0 Å². The lowest BCUT2D eigenvalue weighted by Gasteiger charge is -2.35. The molecule has 10 aromatic carbocycles. The van der Waals surface area contributed by atoms with Crippen molar-refractivity contribution >= 4 is 49.4 Å². The van der Waals surface area contributed by atoms with Crippen molar-refractivity contribution in [2.75, 3.05) is 4.90 Å². The Hall–Kier alpha value is -7.22. The first kappa shape index (κ1) is 32.2. The van der Waals surface area contributed by atoms with Crippen molar-refractivity contribution in [1.29, 1.82) is 0 Å². The summed E-state index contributed by atoms with van der Waals surface area (Å²) in [6.07, 6.45) is 0. The van der Waals surface area contributed by atoms with Gasteiger partial charge in [-0.1, -0.05) is 200 Å². The van der Waals surface area contributed by atoms with E-state index in [1.54, 1.807) is 0 Å². The third kappa shape index (κ3) is 4.74. The number of hydrogen-bond donors (Lipinski definition) is 0. The van der Waals surface area contributed by atoms with Crippen molar-refractivity contribution in [3.05, 3.63) is 247 Å². The molecule has 0 aliphatic heterocycles. The van der Waals surface area contributed by atoms with E-state index in [0.29, 0.717) is 0 Å². The Bertz CT molecular complexity index is 3040. The largest absolute Gasteiger partial charge is 0.309 e. The lowest BCUT2D eigenvalue weighted by Crippen LogP contribution is -2.28. The van der Waals surface area contributed by atoms with Gasteiger partial charge in [0.05, 0.1) is 22.5 Å². The van der Waals surface area contributed by atoms with Crippen molar-refractivity contribution in [2.45, 2.75) is 5.41 Å². The second-order valence-corrected chi connectivity index (χ2v) is 14.8. The molecule has 0 radical (unpaired) electrons. The van der Waals surface area contributed by atoms with Gasteiger partial charge in [-0.25, -0.2) is 0 Å². The second-order valence-electron chi connectivity index (χ2n) is 14.8. The van der Waals surface area contributed by atoms with Crippen LogP contribution < -0.4 is 4.90 Å². The zero-order valence-corrected chi connectivity index (χ0v) is 30.8. The minimum atomic E-state index is -0.511. The molecule has 0 fully saturated rings. The Morgan fingerprint density at radius 2 is 0.786 bits per heavy atom. The molecule has 0 bridgehead atoms. The topological polar surface area (TPSA) is 3.24 Å². The molecule has 0 amide bonds. The maximum absolute atomic E-state index is 2.54. The van der Waals surface area contributed by atoms with Crippen LogP contribution in [0, 0.1) is 0 Å². The van der Waals surface area contributed by atoms with Crippen LogP contribution in [0.25, 0.3) is 54.6 Å². The molecular weight excluding hydrogens is 675 g/mol. The van der Waals surface area contributed by atoms with Gasteiger partial charge in [0.2, 0.25) is 0 Å². The molecule has 1 nitrogen and oxygen atoms in total. The number of nitrogens with zero attached hydrogens (tertiary/aromatic N) is 1. The van der Waals surface area contributed by atoms with Crippen LogP contribution in [-0.4, -0.2) is 0 Å². The minimum Gasteiger partial charge on any atom is -0.309 e. The predicted molar refractivity (Wildman–Crippen MR) is 236 cm³/mol. The standard InChI is InChI=1S/C55H37N/c1-3-22-40(23-4-1)55(41-24-5-2-6-25-41)49-32-15-13-31-47(49)54-50(55)33-18-36-53(54)56(51-35-17-21-38-19-7-10-27-43(38)51)52-34-16-14-30-46(52)48-37-39-20-8-9-26-42(39)44-28-11-12-29-45(44)48/h1-37H. The molecule has 11 rings (SSSR count). The molecule has 56 heavy (non-hydrogen) atoms. The number of fused-ring (bicyclic) bond motifs is 7.